The van der Waals surface area contributed by atoms with Gasteiger partial charge in [0.1, 0.15) is 42.3 Å². The molecule has 0 bridgehead atoms. The molecule has 3 unspecified atom stereocenters. The van der Waals surface area contributed by atoms with E-state index in [0.29, 0.717) is 33.1 Å². The van der Waals surface area contributed by atoms with Crippen LogP contribution in [0.3, 0.4) is 0 Å². The van der Waals surface area contributed by atoms with Gasteiger partial charge in [-0.1, -0.05) is 107 Å². The molecule has 0 aliphatic carbocycles. The Morgan fingerprint density at radius 3 is 1.97 bits per heavy atom. The molecule has 6 rings (SSSR count). The van der Waals surface area contributed by atoms with Crippen LogP contribution in [0.25, 0.3) is 10.9 Å². The van der Waals surface area contributed by atoms with Crippen molar-refractivity contribution in [2.45, 2.75) is 119 Å². The molecule has 1 aliphatic heterocycles. The van der Waals surface area contributed by atoms with Crippen LogP contribution in [0.2, 0.25) is 0 Å². The summed E-state index contributed by atoms with van der Waals surface area (Å²) in [6, 6.07) is 17.0. The van der Waals surface area contributed by atoms with E-state index in [1.165, 1.54) is 6.92 Å². The third-order valence-corrected chi connectivity index (χ3v) is 17.2. The molecule has 0 spiro atoms. The Morgan fingerprint density at radius 2 is 1.33 bits per heavy atom. The lowest BCUT2D eigenvalue weighted by Crippen LogP contribution is -2.62. The minimum Gasteiger partial charge on any atom is -0.480 e. The number of rotatable bonds is 21. The molecule has 4 aromatic carbocycles. The highest BCUT2D eigenvalue weighted by Gasteiger charge is 2.37. The highest BCUT2D eigenvalue weighted by atomic mass is 127. The van der Waals surface area contributed by atoms with Crippen LogP contribution in [-0.4, -0.2) is 158 Å². The summed E-state index contributed by atoms with van der Waals surface area (Å²) in [4.78, 5) is 136. The van der Waals surface area contributed by atoms with Crippen molar-refractivity contribution in [3.8, 4) is 0 Å². The molecule has 2 heterocycles. The number of unbranched alkanes of at least 4 members (excludes halogenated alkanes) is 1. The number of para-hydroxylation sites is 1. The first-order valence-corrected chi connectivity index (χ1v) is 31.1. The van der Waals surface area contributed by atoms with E-state index >= 15 is 9.59 Å². The number of nitrogens with two attached hydrogens (primary N) is 3. The van der Waals surface area contributed by atoms with Gasteiger partial charge in [0.25, 0.3) is 5.91 Å². The highest BCUT2D eigenvalue weighted by Crippen LogP contribution is 2.25. The molecule has 1 aliphatic rings. The number of carbonyl (C=O) groups is 9. The fraction of sp³-hybridized carbons (Fsp3) is 0.379. The van der Waals surface area contributed by atoms with Crippen molar-refractivity contribution < 1.29 is 58.5 Å². The van der Waals surface area contributed by atoms with Crippen molar-refractivity contribution in [1.29, 1.82) is 0 Å². The normalized spacial score (nSPS) is 20.7. The standard InChI is InChI=1S/C58H72IN13O12S2/c1-31(73)47-56(82)70-46(55(81)72-48(32(2)74)57(83)84)30-86-85-29-45(69-52(78)42(23-33-13-5-3-6-14-33)66-49(75)35-20-21-36(39(59)25-35)27-64-58(61)62)54(80)67-43(24-34-15-7-4-8-16-34)51(77)68-44(26-37-28-63-40-18-10-9-17-38(37)40)53(79)65-41(50(76)71-47)19-11-12-22-60/h3-10,13-18,20-21,25,28,31-32,41-48,63,73-74H,11-12,19,22-24,26-27,29-30,60H2,1-2H3,(H,65,79)(H,66,75)(H,67,80)(H,68,77)(H,69,78)(H,70,82)(H,71,76)(H,72,81)(H,83,84)(H4,61,62,64)/t31-,32-,41+,42-,43?,44+,45+,46?,47?,48+/m1/s1. The third kappa shape index (κ3) is 20.2. The van der Waals surface area contributed by atoms with E-state index in [4.69, 9.17) is 17.2 Å². The van der Waals surface area contributed by atoms with E-state index in [2.05, 4.69) is 52.5 Å². The zero-order chi connectivity index (χ0) is 62.5. The summed E-state index contributed by atoms with van der Waals surface area (Å²) in [5.41, 5.74) is 20.4. The van der Waals surface area contributed by atoms with E-state index in [9.17, 15) is 48.9 Å². The Bertz CT molecular complexity index is 3210. The summed E-state index contributed by atoms with van der Waals surface area (Å²) in [6.07, 6.45) is -1.24. The molecule has 25 nitrogen and oxygen atoms in total. The van der Waals surface area contributed by atoms with E-state index in [1.807, 2.05) is 40.8 Å². The number of halogens is 1. The van der Waals surface area contributed by atoms with E-state index in [1.54, 1.807) is 91.1 Å². The molecule has 0 saturated carbocycles. The Hall–Kier alpha value is -7.77. The highest BCUT2D eigenvalue weighted by molar-refractivity contribution is 14.1. The number of hydrogen-bond acceptors (Lipinski definition) is 15. The first-order valence-electron chi connectivity index (χ1n) is 27.6. The number of guanidine groups is 1. The molecule has 0 radical (unpaired) electrons. The first kappa shape index (κ1) is 67.4. The van der Waals surface area contributed by atoms with Crippen molar-refractivity contribution in [2.75, 3.05) is 18.1 Å². The SMILES string of the molecule is C[C@@H](O)C1NC(=O)[C@H](CCCCN)NC(=O)[C@H](Cc2c[nH]c3ccccc23)NC(=O)C(Cc2ccccc2)NC(=O)[C@@H](NC(=O)[C@@H](Cc2ccccc2)NC(=O)c2ccc(CN=C(N)N)c(I)c2)CSSCC(C(=O)N[C@H](C(=O)O)[C@@H](C)O)NC1=O. The number of aromatic amines is 1. The molecule has 8 amide bonds. The molecule has 28 heteroatoms. The van der Waals surface area contributed by atoms with Gasteiger partial charge in [0.15, 0.2) is 12.0 Å². The summed E-state index contributed by atoms with van der Waals surface area (Å²) in [5.74, 6) is -9.61. The zero-order valence-electron chi connectivity index (χ0n) is 47.1. The number of amides is 8. The van der Waals surface area contributed by atoms with Crippen molar-refractivity contribution in [3.05, 3.63) is 141 Å². The number of aliphatic hydroxyl groups is 2. The number of carboxylic acid groups (broad SMARTS) is 1. The lowest BCUT2D eigenvalue weighted by Gasteiger charge is -2.29. The van der Waals surface area contributed by atoms with Gasteiger partial charge in [-0.05, 0) is 103 Å². The van der Waals surface area contributed by atoms with Crippen LogP contribution >= 0.6 is 44.2 Å². The van der Waals surface area contributed by atoms with Gasteiger partial charge in [0, 0.05) is 57.0 Å². The molecular weight excluding hydrogens is 1260 g/mol. The van der Waals surface area contributed by atoms with Crippen LogP contribution in [0.4, 0.5) is 0 Å². The van der Waals surface area contributed by atoms with Crippen molar-refractivity contribution in [2.24, 2.45) is 22.2 Å². The topological polar surface area (TPSA) is 417 Å². The van der Waals surface area contributed by atoms with E-state index in [0.717, 1.165) is 45.0 Å². The third-order valence-electron chi connectivity index (χ3n) is 13.8. The first-order chi connectivity index (χ1) is 41.1. The van der Waals surface area contributed by atoms with Gasteiger partial charge in [-0.2, -0.15) is 0 Å². The van der Waals surface area contributed by atoms with Gasteiger partial charge in [-0.15, -0.1) is 0 Å². The summed E-state index contributed by atoms with van der Waals surface area (Å²) in [5, 5.41) is 53.0. The minimum absolute atomic E-state index is 0.0323. The van der Waals surface area contributed by atoms with Crippen molar-refractivity contribution in [1.82, 2.24) is 47.5 Å². The number of nitrogens with zero attached hydrogens (tertiary/aromatic N) is 1. The summed E-state index contributed by atoms with van der Waals surface area (Å²) in [7, 11) is 1.81. The summed E-state index contributed by atoms with van der Waals surface area (Å²) in [6.45, 7) is 2.69. The molecule has 1 aromatic heterocycles. The number of aliphatic carboxylic acids is 1. The fourth-order valence-electron chi connectivity index (χ4n) is 9.09. The van der Waals surface area contributed by atoms with Crippen LogP contribution in [0.15, 0.2) is 114 Å². The number of carboxylic acids is 1. The van der Waals surface area contributed by atoms with Crippen LogP contribution < -0.4 is 59.7 Å². The number of H-pyrrole nitrogens is 1. The van der Waals surface area contributed by atoms with Gasteiger partial charge in [0.05, 0.1) is 18.8 Å². The maximum atomic E-state index is 15.1. The van der Waals surface area contributed by atoms with E-state index < -0.39 is 114 Å². The van der Waals surface area contributed by atoms with Crippen LogP contribution in [0.5, 0.6) is 0 Å². The summed E-state index contributed by atoms with van der Waals surface area (Å²) < 4.78 is 0.652. The number of aliphatic hydroxyl groups excluding tert-OH is 2. The molecular formula is C58H72IN13O12S2. The molecule has 86 heavy (non-hydrogen) atoms. The smallest absolute Gasteiger partial charge is 0.328 e. The number of benzene rings is 4. The number of hydrogen-bond donors (Lipinski definition) is 15. The molecule has 10 atom stereocenters. The lowest BCUT2D eigenvalue weighted by molar-refractivity contribution is -0.145. The quantitative estimate of drug-likeness (QED) is 0.0153. The van der Waals surface area contributed by atoms with Gasteiger partial charge in [0.2, 0.25) is 41.4 Å². The Labute approximate surface area is 517 Å². The molecule has 5 aromatic rings. The fourth-order valence-corrected chi connectivity index (χ4v) is 12.1. The summed E-state index contributed by atoms with van der Waals surface area (Å²) >= 11 is 2.04. The molecule has 18 N–H and O–H groups in total. The van der Waals surface area contributed by atoms with Gasteiger partial charge >= 0.3 is 5.97 Å². The van der Waals surface area contributed by atoms with Crippen molar-refractivity contribution in [3.63, 3.8) is 0 Å². The maximum Gasteiger partial charge on any atom is 0.328 e. The van der Waals surface area contributed by atoms with Gasteiger partial charge in [-0.3, -0.25) is 38.4 Å². The predicted octanol–water partition coefficient (Wildman–Crippen LogP) is 0.136. The second-order valence-corrected chi connectivity index (χ2v) is 24.2. The predicted molar refractivity (Wildman–Crippen MR) is 335 cm³/mol. The largest absolute Gasteiger partial charge is 0.480 e. The second kappa shape index (κ2) is 33.2. The average molecular weight is 1330 g/mol. The number of fused-ring (bicyclic) bond motifs is 1. The second-order valence-electron chi connectivity index (χ2n) is 20.5. The number of nitrogens with one attached hydrogen (secondary N) is 9. The average Bonchev–Trinajstić information content (AvgIpc) is 2.74. The molecule has 460 valence electrons. The Balaban J connectivity index is 1.43. The number of aliphatic imine (C=N–C) groups is 1. The monoisotopic (exact) mass is 1330 g/mol. The van der Waals surface area contributed by atoms with Crippen LogP contribution in [-0.2, 0) is 64.2 Å². The number of aromatic nitrogens is 1. The van der Waals surface area contributed by atoms with E-state index in [-0.39, 0.29) is 61.8 Å². The Kier molecular flexibility index (Phi) is 26.0. The lowest BCUT2D eigenvalue weighted by atomic mass is 10.0. The maximum absolute atomic E-state index is 15.1. The van der Waals surface area contributed by atoms with Crippen LogP contribution in [0, 0.1) is 3.57 Å². The molecule has 1 saturated heterocycles. The van der Waals surface area contributed by atoms with Gasteiger partial charge in [-0.25, -0.2) is 9.79 Å². The Morgan fingerprint density at radius 1 is 0.709 bits per heavy atom. The minimum atomic E-state index is -1.85. The van der Waals surface area contributed by atoms with Crippen molar-refractivity contribution >= 4 is 114 Å². The number of carbonyl (C=O) groups excluding carboxylic acids is 8. The van der Waals surface area contributed by atoms with Gasteiger partial charge < -0.3 is 80.0 Å². The zero-order valence-corrected chi connectivity index (χ0v) is 50.9. The molecule has 1 fully saturated rings. The van der Waals surface area contributed by atoms with Crippen LogP contribution in [0.1, 0.15) is 65.7 Å².